The van der Waals surface area contributed by atoms with Gasteiger partial charge in [-0.15, -0.1) is 0 Å². The Bertz CT molecular complexity index is 486. The predicted octanol–water partition coefficient (Wildman–Crippen LogP) is 3.55. The molecule has 0 radical (unpaired) electrons. The molecule has 21 heavy (non-hydrogen) atoms. The minimum Gasteiger partial charge on any atom is -0.490 e. The van der Waals surface area contributed by atoms with Crippen LogP contribution in [0.4, 0.5) is 0 Å². The third-order valence-corrected chi connectivity index (χ3v) is 5.06. The van der Waals surface area contributed by atoms with Gasteiger partial charge in [0.05, 0.1) is 18.3 Å². The Kier molecular flexibility index (Phi) is 4.23. The van der Waals surface area contributed by atoms with Gasteiger partial charge < -0.3 is 14.8 Å². The van der Waals surface area contributed by atoms with Gasteiger partial charge in [-0.1, -0.05) is 19.1 Å². The Morgan fingerprint density at radius 1 is 1.19 bits per heavy atom. The molecule has 1 aromatic carbocycles. The Balaban J connectivity index is 1.81. The zero-order chi connectivity index (χ0) is 15.0. The summed E-state index contributed by atoms with van der Waals surface area (Å²) in [5, 5.41) is 3.50. The molecule has 1 N–H and O–H groups in total. The first kappa shape index (κ1) is 14.9. The summed E-state index contributed by atoms with van der Waals surface area (Å²) >= 11 is 0. The predicted molar refractivity (Wildman–Crippen MR) is 84.6 cm³/mol. The van der Waals surface area contributed by atoms with Crippen molar-refractivity contribution in [3.63, 3.8) is 0 Å². The standard InChI is InChI=1S/C18H27NO2/c1-11-12(2)20-13(3)17(11)18(19-4)14-6-5-7-16(10-14)21-15-8-9-15/h5-7,10-13,15,17-19H,8-9H2,1-4H3. The highest BCUT2D eigenvalue weighted by Crippen LogP contribution is 2.41. The van der Waals surface area contributed by atoms with Crippen molar-refractivity contribution in [1.82, 2.24) is 5.32 Å². The van der Waals surface area contributed by atoms with Crippen LogP contribution in [0, 0.1) is 11.8 Å². The number of hydrogen-bond donors (Lipinski definition) is 1. The van der Waals surface area contributed by atoms with Crippen molar-refractivity contribution >= 4 is 0 Å². The van der Waals surface area contributed by atoms with Gasteiger partial charge in [-0.05, 0) is 57.4 Å². The summed E-state index contributed by atoms with van der Waals surface area (Å²) in [7, 11) is 2.04. The zero-order valence-electron chi connectivity index (χ0n) is 13.5. The highest BCUT2D eigenvalue weighted by Gasteiger charge is 2.41. The third kappa shape index (κ3) is 3.09. The first-order chi connectivity index (χ1) is 10.1. The first-order valence-electron chi connectivity index (χ1n) is 8.19. The van der Waals surface area contributed by atoms with Gasteiger partial charge in [-0.2, -0.15) is 0 Å². The van der Waals surface area contributed by atoms with Crippen molar-refractivity contribution in [2.24, 2.45) is 11.8 Å². The fourth-order valence-electron chi connectivity index (χ4n) is 3.61. The normalized spacial score (nSPS) is 33.9. The molecule has 0 aromatic heterocycles. The number of hydrogen-bond acceptors (Lipinski definition) is 3. The quantitative estimate of drug-likeness (QED) is 0.899. The lowest BCUT2D eigenvalue weighted by Crippen LogP contribution is -2.33. The molecule has 5 unspecified atom stereocenters. The van der Waals surface area contributed by atoms with Crippen LogP contribution in [0.5, 0.6) is 5.75 Å². The highest BCUT2D eigenvalue weighted by atomic mass is 16.5. The molecule has 1 aliphatic carbocycles. The van der Waals surface area contributed by atoms with E-state index in [1.54, 1.807) is 0 Å². The van der Waals surface area contributed by atoms with Crippen molar-refractivity contribution < 1.29 is 9.47 Å². The van der Waals surface area contributed by atoms with Crippen molar-refractivity contribution in [3.8, 4) is 5.75 Å². The molecule has 0 spiro atoms. The van der Waals surface area contributed by atoms with E-state index in [4.69, 9.17) is 9.47 Å². The van der Waals surface area contributed by atoms with Crippen LogP contribution in [0.2, 0.25) is 0 Å². The second-order valence-electron chi connectivity index (χ2n) is 6.64. The number of benzene rings is 1. The topological polar surface area (TPSA) is 30.5 Å². The zero-order valence-corrected chi connectivity index (χ0v) is 13.5. The molecule has 1 aromatic rings. The summed E-state index contributed by atoms with van der Waals surface area (Å²) in [5.41, 5.74) is 1.30. The average Bonchev–Trinajstić information content (AvgIpc) is 3.23. The molecule has 0 bridgehead atoms. The van der Waals surface area contributed by atoms with E-state index in [0.29, 0.717) is 30.1 Å². The largest absolute Gasteiger partial charge is 0.490 e. The van der Waals surface area contributed by atoms with Crippen LogP contribution in [0.15, 0.2) is 24.3 Å². The van der Waals surface area contributed by atoms with E-state index in [1.807, 2.05) is 7.05 Å². The molecule has 3 rings (SSSR count). The van der Waals surface area contributed by atoms with E-state index in [1.165, 1.54) is 18.4 Å². The summed E-state index contributed by atoms with van der Waals surface area (Å²) < 4.78 is 12.0. The maximum absolute atomic E-state index is 6.02. The summed E-state index contributed by atoms with van der Waals surface area (Å²) in [6.45, 7) is 6.67. The lowest BCUT2D eigenvalue weighted by atomic mass is 9.80. The smallest absolute Gasteiger partial charge is 0.120 e. The van der Waals surface area contributed by atoms with Crippen LogP contribution in [0.1, 0.15) is 45.2 Å². The molecule has 3 nitrogen and oxygen atoms in total. The second kappa shape index (κ2) is 5.98. The average molecular weight is 289 g/mol. The van der Waals surface area contributed by atoms with Crippen LogP contribution < -0.4 is 10.1 Å². The minimum atomic E-state index is 0.278. The minimum absolute atomic E-state index is 0.278. The van der Waals surface area contributed by atoms with E-state index in [0.717, 1.165) is 5.75 Å². The SMILES string of the molecule is CNC(c1cccc(OC2CC2)c1)C1C(C)OC(C)C1C. The highest BCUT2D eigenvalue weighted by molar-refractivity contribution is 5.32. The summed E-state index contributed by atoms with van der Waals surface area (Å²) in [5.74, 6) is 2.04. The fourth-order valence-corrected chi connectivity index (χ4v) is 3.61. The monoisotopic (exact) mass is 289 g/mol. The van der Waals surface area contributed by atoms with Crippen molar-refractivity contribution in [2.75, 3.05) is 7.05 Å². The van der Waals surface area contributed by atoms with Gasteiger partial charge in [0, 0.05) is 12.0 Å². The Morgan fingerprint density at radius 3 is 2.52 bits per heavy atom. The molecule has 1 aliphatic heterocycles. The third-order valence-electron chi connectivity index (χ3n) is 5.06. The maximum atomic E-state index is 6.02. The van der Waals surface area contributed by atoms with E-state index in [2.05, 4.69) is 50.4 Å². The van der Waals surface area contributed by atoms with Crippen LogP contribution in [0.3, 0.4) is 0 Å². The number of ether oxygens (including phenoxy) is 2. The second-order valence-corrected chi connectivity index (χ2v) is 6.64. The first-order valence-corrected chi connectivity index (χ1v) is 8.19. The Morgan fingerprint density at radius 2 is 1.95 bits per heavy atom. The van der Waals surface area contributed by atoms with Gasteiger partial charge >= 0.3 is 0 Å². The molecular weight excluding hydrogens is 262 g/mol. The molecule has 1 heterocycles. The summed E-state index contributed by atoms with van der Waals surface area (Å²) in [6.07, 6.45) is 3.44. The van der Waals surface area contributed by atoms with Crippen LogP contribution >= 0.6 is 0 Å². The molecule has 1 saturated carbocycles. The summed E-state index contributed by atoms with van der Waals surface area (Å²) in [4.78, 5) is 0. The van der Waals surface area contributed by atoms with Crippen LogP contribution in [-0.2, 0) is 4.74 Å². The molecule has 0 amide bonds. The van der Waals surface area contributed by atoms with Gasteiger partial charge in [0.2, 0.25) is 0 Å². The lowest BCUT2D eigenvalue weighted by Gasteiger charge is -2.29. The van der Waals surface area contributed by atoms with E-state index >= 15 is 0 Å². The molecule has 116 valence electrons. The van der Waals surface area contributed by atoms with Gasteiger partial charge in [0.1, 0.15) is 5.75 Å². The van der Waals surface area contributed by atoms with Gasteiger partial charge in [0.15, 0.2) is 0 Å². The van der Waals surface area contributed by atoms with Gasteiger partial charge in [-0.3, -0.25) is 0 Å². The van der Waals surface area contributed by atoms with E-state index in [9.17, 15) is 0 Å². The molecule has 2 fully saturated rings. The number of rotatable bonds is 5. The summed E-state index contributed by atoms with van der Waals surface area (Å²) in [6, 6.07) is 8.87. The van der Waals surface area contributed by atoms with E-state index in [-0.39, 0.29) is 6.10 Å². The fraction of sp³-hybridized carbons (Fsp3) is 0.667. The van der Waals surface area contributed by atoms with Crippen LogP contribution in [-0.4, -0.2) is 25.4 Å². The van der Waals surface area contributed by atoms with Crippen molar-refractivity contribution in [2.45, 2.75) is 58.0 Å². The molecule has 1 saturated heterocycles. The Hall–Kier alpha value is -1.06. The van der Waals surface area contributed by atoms with Gasteiger partial charge in [0.25, 0.3) is 0 Å². The molecule has 2 aliphatic rings. The molecular formula is C18H27NO2. The molecule has 5 atom stereocenters. The van der Waals surface area contributed by atoms with Crippen molar-refractivity contribution in [1.29, 1.82) is 0 Å². The van der Waals surface area contributed by atoms with Crippen LogP contribution in [0.25, 0.3) is 0 Å². The Labute approximate surface area is 128 Å². The van der Waals surface area contributed by atoms with E-state index < -0.39 is 0 Å². The lowest BCUT2D eigenvalue weighted by molar-refractivity contribution is 0.0478. The molecule has 3 heteroatoms. The van der Waals surface area contributed by atoms with Gasteiger partial charge in [-0.25, -0.2) is 0 Å². The number of nitrogens with one attached hydrogen (secondary N) is 1. The maximum Gasteiger partial charge on any atom is 0.120 e. The van der Waals surface area contributed by atoms with Crippen molar-refractivity contribution in [3.05, 3.63) is 29.8 Å².